The summed E-state index contributed by atoms with van der Waals surface area (Å²) >= 11 is 1.52. The number of rotatable bonds is 8. The first-order valence-electron chi connectivity index (χ1n) is 9.77. The fraction of sp³-hybridized carbons (Fsp3) is 0.333. The Morgan fingerprint density at radius 3 is 2.39 bits per heavy atom. The standard InChI is InChI=1S/C24H27NO2S/c1-4-27-24(26)22(23-25-14-15-28-23)16-21(20-8-6-5-7-9-20)18(3)19-12-10-17(2)11-13-19/h5-15,18,21-22H,4,16H2,1-3H3. The van der Waals surface area contributed by atoms with Crippen molar-refractivity contribution in [2.24, 2.45) is 0 Å². The van der Waals surface area contributed by atoms with Crippen molar-refractivity contribution in [2.75, 3.05) is 6.61 Å². The summed E-state index contributed by atoms with van der Waals surface area (Å²) in [6.07, 6.45) is 2.43. The van der Waals surface area contributed by atoms with Crippen LogP contribution in [0.1, 0.15) is 59.7 Å². The molecule has 0 bridgehead atoms. The van der Waals surface area contributed by atoms with Gasteiger partial charge in [0.25, 0.3) is 0 Å². The van der Waals surface area contributed by atoms with Crippen LogP contribution in [0.25, 0.3) is 0 Å². The average molecular weight is 394 g/mol. The lowest BCUT2D eigenvalue weighted by molar-refractivity contribution is -0.145. The van der Waals surface area contributed by atoms with Gasteiger partial charge in [0.1, 0.15) is 10.9 Å². The zero-order valence-corrected chi connectivity index (χ0v) is 17.5. The smallest absolute Gasteiger partial charge is 0.315 e. The predicted octanol–water partition coefficient (Wildman–Crippen LogP) is 6.08. The van der Waals surface area contributed by atoms with Crippen molar-refractivity contribution in [1.82, 2.24) is 4.98 Å². The van der Waals surface area contributed by atoms with Gasteiger partial charge in [-0.3, -0.25) is 4.79 Å². The van der Waals surface area contributed by atoms with E-state index in [4.69, 9.17) is 4.74 Å². The molecule has 3 aromatic rings. The second-order valence-corrected chi connectivity index (χ2v) is 8.05. The molecule has 0 N–H and O–H groups in total. The monoisotopic (exact) mass is 393 g/mol. The van der Waals surface area contributed by atoms with Gasteiger partial charge in [0.2, 0.25) is 0 Å². The second-order valence-electron chi connectivity index (χ2n) is 7.13. The van der Waals surface area contributed by atoms with Gasteiger partial charge in [-0.25, -0.2) is 4.98 Å². The van der Waals surface area contributed by atoms with Gasteiger partial charge in [-0.1, -0.05) is 67.1 Å². The molecule has 1 heterocycles. The van der Waals surface area contributed by atoms with Crippen molar-refractivity contribution in [3.8, 4) is 0 Å². The van der Waals surface area contributed by atoms with E-state index in [0.29, 0.717) is 13.0 Å². The fourth-order valence-corrected chi connectivity index (χ4v) is 4.37. The summed E-state index contributed by atoms with van der Waals surface area (Å²) in [7, 11) is 0. The molecule has 0 spiro atoms. The third-order valence-corrected chi connectivity index (χ3v) is 6.13. The normalized spacial score (nSPS) is 14.2. The summed E-state index contributed by atoms with van der Waals surface area (Å²) in [4.78, 5) is 17.2. The highest BCUT2D eigenvalue weighted by atomic mass is 32.1. The van der Waals surface area contributed by atoms with Crippen LogP contribution in [-0.2, 0) is 9.53 Å². The molecule has 3 rings (SSSR count). The molecular formula is C24H27NO2S. The number of aryl methyl sites for hydroxylation is 1. The number of nitrogens with zero attached hydrogens (tertiary/aromatic N) is 1. The maximum absolute atomic E-state index is 12.8. The lowest BCUT2D eigenvalue weighted by Gasteiger charge is -2.28. The Labute approximate surface area is 171 Å². The Bertz CT molecular complexity index is 859. The quantitative estimate of drug-likeness (QED) is 0.436. The van der Waals surface area contributed by atoms with Crippen LogP contribution in [-0.4, -0.2) is 17.6 Å². The Kier molecular flexibility index (Phi) is 6.99. The molecule has 0 saturated carbocycles. The molecule has 28 heavy (non-hydrogen) atoms. The lowest BCUT2D eigenvalue weighted by Crippen LogP contribution is -2.21. The van der Waals surface area contributed by atoms with Gasteiger partial charge in [0.15, 0.2) is 0 Å². The number of hydrogen-bond acceptors (Lipinski definition) is 4. The molecule has 0 aliphatic carbocycles. The van der Waals surface area contributed by atoms with Crippen molar-refractivity contribution in [3.05, 3.63) is 87.9 Å². The molecular weight excluding hydrogens is 366 g/mol. The highest BCUT2D eigenvalue weighted by molar-refractivity contribution is 7.09. The molecule has 3 atom stereocenters. The molecule has 0 aliphatic rings. The fourth-order valence-electron chi connectivity index (χ4n) is 3.63. The van der Waals surface area contributed by atoms with Gasteiger partial charge in [-0.2, -0.15) is 0 Å². The number of ether oxygens (including phenoxy) is 1. The first-order chi connectivity index (χ1) is 13.6. The van der Waals surface area contributed by atoms with Gasteiger partial charge in [-0.15, -0.1) is 11.3 Å². The zero-order valence-electron chi connectivity index (χ0n) is 16.7. The Hall–Kier alpha value is -2.46. The number of esters is 1. The van der Waals surface area contributed by atoms with Crippen LogP contribution < -0.4 is 0 Å². The summed E-state index contributed by atoms with van der Waals surface area (Å²) < 4.78 is 5.39. The second kappa shape index (κ2) is 9.65. The number of carbonyl (C=O) groups is 1. The van der Waals surface area contributed by atoms with Gasteiger partial charge in [0, 0.05) is 11.6 Å². The zero-order chi connectivity index (χ0) is 19.9. The minimum absolute atomic E-state index is 0.183. The summed E-state index contributed by atoms with van der Waals surface area (Å²) in [5, 5.41) is 2.75. The predicted molar refractivity (Wildman–Crippen MR) is 115 cm³/mol. The van der Waals surface area contributed by atoms with Crippen LogP contribution in [0.3, 0.4) is 0 Å². The number of thiazole rings is 1. The molecule has 0 saturated heterocycles. The summed E-state index contributed by atoms with van der Waals surface area (Å²) in [5.41, 5.74) is 3.77. The average Bonchev–Trinajstić information content (AvgIpc) is 3.24. The molecule has 1 aromatic heterocycles. The van der Waals surface area contributed by atoms with E-state index in [9.17, 15) is 4.79 Å². The summed E-state index contributed by atoms with van der Waals surface area (Å²) in [6.45, 7) is 6.57. The Morgan fingerprint density at radius 1 is 1.07 bits per heavy atom. The van der Waals surface area contributed by atoms with E-state index in [1.165, 1.54) is 28.0 Å². The number of aromatic nitrogens is 1. The number of carbonyl (C=O) groups excluding carboxylic acids is 1. The molecule has 146 valence electrons. The third-order valence-electron chi connectivity index (χ3n) is 5.24. The lowest BCUT2D eigenvalue weighted by atomic mass is 9.77. The van der Waals surface area contributed by atoms with Crippen molar-refractivity contribution >= 4 is 17.3 Å². The topological polar surface area (TPSA) is 39.2 Å². The van der Waals surface area contributed by atoms with E-state index in [2.05, 4.69) is 67.4 Å². The van der Waals surface area contributed by atoms with Crippen LogP contribution in [0.15, 0.2) is 66.2 Å². The van der Waals surface area contributed by atoms with Crippen LogP contribution in [0.4, 0.5) is 0 Å². The van der Waals surface area contributed by atoms with Gasteiger partial charge in [0.05, 0.1) is 6.61 Å². The van der Waals surface area contributed by atoms with Gasteiger partial charge < -0.3 is 4.74 Å². The van der Waals surface area contributed by atoms with E-state index < -0.39 is 0 Å². The van der Waals surface area contributed by atoms with E-state index in [-0.39, 0.29) is 23.7 Å². The molecule has 0 amide bonds. The van der Waals surface area contributed by atoms with E-state index in [0.717, 1.165) is 5.01 Å². The molecule has 4 heteroatoms. The summed E-state index contributed by atoms with van der Waals surface area (Å²) in [6, 6.07) is 19.1. The largest absolute Gasteiger partial charge is 0.465 e. The molecule has 3 unspecified atom stereocenters. The highest BCUT2D eigenvalue weighted by Crippen LogP contribution is 2.41. The Morgan fingerprint density at radius 2 is 1.79 bits per heavy atom. The molecule has 0 aliphatic heterocycles. The maximum atomic E-state index is 12.8. The summed E-state index contributed by atoms with van der Waals surface area (Å²) in [5.74, 6) is -0.0883. The van der Waals surface area contributed by atoms with E-state index in [1.54, 1.807) is 6.20 Å². The number of benzene rings is 2. The molecule has 2 aromatic carbocycles. The first-order valence-corrected chi connectivity index (χ1v) is 10.7. The Balaban J connectivity index is 1.95. The third kappa shape index (κ3) is 4.87. The van der Waals surface area contributed by atoms with Crippen LogP contribution in [0.2, 0.25) is 0 Å². The minimum Gasteiger partial charge on any atom is -0.465 e. The van der Waals surface area contributed by atoms with Gasteiger partial charge in [-0.05, 0) is 43.2 Å². The van der Waals surface area contributed by atoms with Crippen LogP contribution >= 0.6 is 11.3 Å². The SMILES string of the molecule is CCOC(=O)C(CC(c1ccccc1)C(C)c1ccc(C)cc1)c1nccs1. The minimum atomic E-state index is -0.349. The maximum Gasteiger partial charge on any atom is 0.315 e. The van der Waals surface area contributed by atoms with Crippen molar-refractivity contribution in [3.63, 3.8) is 0 Å². The van der Waals surface area contributed by atoms with Crippen molar-refractivity contribution < 1.29 is 9.53 Å². The molecule has 0 radical (unpaired) electrons. The van der Waals surface area contributed by atoms with Crippen molar-refractivity contribution in [2.45, 2.75) is 44.9 Å². The van der Waals surface area contributed by atoms with Crippen LogP contribution in [0.5, 0.6) is 0 Å². The highest BCUT2D eigenvalue weighted by Gasteiger charge is 2.31. The van der Waals surface area contributed by atoms with Crippen molar-refractivity contribution in [1.29, 1.82) is 0 Å². The van der Waals surface area contributed by atoms with Crippen LogP contribution in [0, 0.1) is 6.92 Å². The first kappa shape index (κ1) is 20.3. The molecule has 3 nitrogen and oxygen atoms in total. The van der Waals surface area contributed by atoms with E-state index >= 15 is 0 Å². The molecule has 0 fully saturated rings. The number of hydrogen-bond donors (Lipinski definition) is 0. The van der Waals surface area contributed by atoms with Gasteiger partial charge >= 0.3 is 5.97 Å². The van der Waals surface area contributed by atoms with E-state index in [1.807, 2.05) is 18.4 Å².